The van der Waals surface area contributed by atoms with Gasteiger partial charge in [-0.2, -0.15) is 11.8 Å². The molecule has 0 spiro atoms. The highest BCUT2D eigenvalue weighted by molar-refractivity contribution is 8.00. The third kappa shape index (κ3) is 5.56. The molecule has 18 heavy (non-hydrogen) atoms. The van der Waals surface area contributed by atoms with E-state index in [-0.39, 0.29) is 10.7 Å². The number of methoxy groups -OCH3 is 1. The highest BCUT2D eigenvalue weighted by atomic mass is 32.2. The van der Waals surface area contributed by atoms with Gasteiger partial charge in [0, 0.05) is 38.2 Å². The molecule has 1 amide bonds. The van der Waals surface area contributed by atoms with Crippen molar-refractivity contribution in [3.63, 3.8) is 0 Å². The molecule has 6 heteroatoms. The van der Waals surface area contributed by atoms with Crippen molar-refractivity contribution in [1.82, 2.24) is 10.6 Å². The lowest BCUT2D eigenvalue weighted by Gasteiger charge is -2.35. The average Bonchev–Trinajstić information content (AvgIpc) is 2.42. The Labute approximate surface area is 113 Å². The molecule has 0 atom stereocenters. The summed E-state index contributed by atoms with van der Waals surface area (Å²) in [4.78, 5) is 11.7. The average molecular weight is 276 g/mol. The molecule has 0 aromatic rings. The maximum atomic E-state index is 11.7. The van der Waals surface area contributed by atoms with Gasteiger partial charge in [-0.05, 0) is 19.1 Å². The Hall–Kier alpha value is -0.300. The molecule has 0 radical (unpaired) electrons. The van der Waals surface area contributed by atoms with Gasteiger partial charge in [-0.1, -0.05) is 0 Å². The minimum atomic E-state index is 0.0472. The summed E-state index contributed by atoms with van der Waals surface area (Å²) in [5, 5.41) is 6.04. The number of hydrogen-bond donors (Lipinski definition) is 2. The van der Waals surface area contributed by atoms with Crippen LogP contribution in [0.2, 0.25) is 0 Å². The maximum absolute atomic E-state index is 11.7. The van der Waals surface area contributed by atoms with E-state index < -0.39 is 0 Å². The van der Waals surface area contributed by atoms with Crippen molar-refractivity contribution >= 4 is 17.7 Å². The molecule has 0 saturated carbocycles. The number of thioether (sulfide) groups is 1. The first-order chi connectivity index (χ1) is 8.72. The number of hydrogen-bond acceptors (Lipinski definition) is 5. The van der Waals surface area contributed by atoms with E-state index in [2.05, 4.69) is 16.9 Å². The zero-order chi connectivity index (χ0) is 13.3. The second-order valence-corrected chi connectivity index (χ2v) is 5.72. The van der Waals surface area contributed by atoms with Crippen molar-refractivity contribution in [2.75, 3.05) is 52.8 Å². The summed E-state index contributed by atoms with van der Waals surface area (Å²) in [5.41, 5.74) is 0. The zero-order valence-corrected chi connectivity index (χ0v) is 12.1. The van der Waals surface area contributed by atoms with Crippen molar-refractivity contribution in [1.29, 1.82) is 0 Å². The molecule has 5 nitrogen and oxygen atoms in total. The van der Waals surface area contributed by atoms with Crippen molar-refractivity contribution in [3.05, 3.63) is 0 Å². The number of carbonyl (C=O) groups excluding carboxylic acids is 1. The summed E-state index contributed by atoms with van der Waals surface area (Å²) < 4.78 is 10.4. The topological polar surface area (TPSA) is 59.6 Å². The quantitative estimate of drug-likeness (QED) is 0.622. The summed E-state index contributed by atoms with van der Waals surface area (Å²) in [6.45, 7) is 3.99. The summed E-state index contributed by atoms with van der Waals surface area (Å²) in [5.74, 6) is 0.0472. The minimum absolute atomic E-state index is 0.0472. The molecule has 0 aromatic carbocycles. The van der Waals surface area contributed by atoms with Gasteiger partial charge in [-0.25, -0.2) is 0 Å². The van der Waals surface area contributed by atoms with Crippen LogP contribution in [0.15, 0.2) is 0 Å². The van der Waals surface area contributed by atoms with Crippen LogP contribution < -0.4 is 10.6 Å². The SMILES string of the molecule is COCCNCC(=O)NCC1(SC)CCOCC1. The molecule has 1 rings (SSSR count). The van der Waals surface area contributed by atoms with Crippen molar-refractivity contribution in [2.45, 2.75) is 17.6 Å². The van der Waals surface area contributed by atoms with Gasteiger partial charge in [0.2, 0.25) is 5.91 Å². The van der Waals surface area contributed by atoms with E-state index in [4.69, 9.17) is 9.47 Å². The van der Waals surface area contributed by atoms with E-state index in [0.717, 1.165) is 32.6 Å². The third-order valence-corrected chi connectivity index (χ3v) is 4.63. The second-order valence-electron chi connectivity index (χ2n) is 4.45. The third-order valence-electron chi connectivity index (χ3n) is 3.21. The predicted molar refractivity (Wildman–Crippen MR) is 74.1 cm³/mol. The number of nitrogens with one attached hydrogen (secondary N) is 2. The Kier molecular flexibility index (Phi) is 7.65. The molecule has 0 aromatic heterocycles. The largest absolute Gasteiger partial charge is 0.383 e. The first-order valence-electron chi connectivity index (χ1n) is 6.32. The van der Waals surface area contributed by atoms with Gasteiger partial charge in [0.25, 0.3) is 0 Å². The molecule has 106 valence electrons. The lowest BCUT2D eigenvalue weighted by atomic mass is 9.99. The number of ether oxygens (including phenoxy) is 2. The summed E-state index contributed by atoms with van der Waals surface area (Å²) >= 11 is 1.83. The Morgan fingerprint density at radius 3 is 2.78 bits per heavy atom. The van der Waals surface area contributed by atoms with Crippen LogP contribution in [0.1, 0.15) is 12.8 Å². The molecule has 0 aliphatic carbocycles. The fourth-order valence-electron chi connectivity index (χ4n) is 1.89. The molecular weight excluding hydrogens is 252 g/mol. The van der Waals surface area contributed by atoms with Gasteiger partial charge >= 0.3 is 0 Å². The fourth-order valence-corrected chi connectivity index (χ4v) is 2.69. The molecule has 0 bridgehead atoms. The monoisotopic (exact) mass is 276 g/mol. The first-order valence-corrected chi connectivity index (χ1v) is 7.54. The van der Waals surface area contributed by atoms with Gasteiger partial charge < -0.3 is 20.1 Å². The van der Waals surface area contributed by atoms with E-state index in [1.165, 1.54) is 0 Å². The van der Waals surface area contributed by atoms with E-state index >= 15 is 0 Å². The van der Waals surface area contributed by atoms with Gasteiger partial charge in [0.1, 0.15) is 0 Å². The molecule has 1 fully saturated rings. The van der Waals surface area contributed by atoms with Gasteiger partial charge in [-0.15, -0.1) is 0 Å². The first kappa shape index (κ1) is 15.8. The van der Waals surface area contributed by atoms with Gasteiger partial charge in [0.15, 0.2) is 0 Å². The lowest BCUT2D eigenvalue weighted by Crippen LogP contribution is -2.46. The van der Waals surface area contributed by atoms with Crippen LogP contribution in [0.4, 0.5) is 0 Å². The molecule has 0 unspecified atom stereocenters. The van der Waals surface area contributed by atoms with Gasteiger partial charge in [-0.3, -0.25) is 4.79 Å². The smallest absolute Gasteiger partial charge is 0.234 e. The summed E-state index contributed by atoms with van der Waals surface area (Å²) in [6, 6.07) is 0. The Morgan fingerprint density at radius 2 is 2.17 bits per heavy atom. The van der Waals surface area contributed by atoms with Crippen LogP contribution in [0.25, 0.3) is 0 Å². The van der Waals surface area contributed by atoms with E-state index in [1.807, 2.05) is 11.8 Å². The van der Waals surface area contributed by atoms with Crippen molar-refractivity contribution in [3.8, 4) is 0 Å². The molecule has 1 saturated heterocycles. The molecular formula is C12H24N2O3S. The summed E-state index contributed by atoms with van der Waals surface area (Å²) in [7, 11) is 1.65. The standard InChI is InChI=1S/C12H24N2O3S/c1-16-8-5-13-9-11(15)14-10-12(18-2)3-6-17-7-4-12/h13H,3-10H2,1-2H3,(H,14,15). The summed E-state index contributed by atoms with van der Waals surface area (Å²) in [6.07, 6.45) is 4.12. The van der Waals surface area contributed by atoms with Crippen LogP contribution in [0.5, 0.6) is 0 Å². The van der Waals surface area contributed by atoms with Crippen LogP contribution in [-0.4, -0.2) is 63.5 Å². The number of rotatable bonds is 8. The predicted octanol–water partition coefficient (Wildman–Crippen LogP) is 0.251. The number of amides is 1. The van der Waals surface area contributed by atoms with Crippen molar-refractivity contribution in [2.24, 2.45) is 0 Å². The normalized spacial score (nSPS) is 18.6. The van der Waals surface area contributed by atoms with Gasteiger partial charge in [0.05, 0.1) is 13.2 Å². The molecule has 1 aliphatic heterocycles. The molecule has 1 aliphatic rings. The van der Waals surface area contributed by atoms with E-state index in [9.17, 15) is 4.79 Å². The molecule has 2 N–H and O–H groups in total. The maximum Gasteiger partial charge on any atom is 0.234 e. The van der Waals surface area contributed by atoms with Crippen LogP contribution in [0.3, 0.4) is 0 Å². The highest BCUT2D eigenvalue weighted by Crippen LogP contribution is 2.32. The van der Waals surface area contributed by atoms with Crippen LogP contribution in [-0.2, 0) is 14.3 Å². The molecule has 1 heterocycles. The minimum Gasteiger partial charge on any atom is -0.383 e. The highest BCUT2D eigenvalue weighted by Gasteiger charge is 2.31. The van der Waals surface area contributed by atoms with E-state index in [1.54, 1.807) is 7.11 Å². The lowest BCUT2D eigenvalue weighted by molar-refractivity contribution is -0.120. The number of carbonyl (C=O) groups is 1. The fraction of sp³-hybridized carbons (Fsp3) is 0.917. The Morgan fingerprint density at radius 1 is 1.44 bits per heavy atom. The Bertz CT molecular complexity index is 245. The zero-order valence-electron chi connectivity index (χ0n) is 11.3. The van der Waals surface area contributed by atoms with Crippen molar-refractivity contribution < 1.29 is 14.3 Å². The van der Waals surface area contributed by atoms with E-state index in [0.29, 0.717) is 19.7 Å². The van der Waals surface area contributed by atoms with Crippen LogP contribution >= 0.6 is 11.8 Å². The van der Waals surface area contributed by atoms with Crippen LogP contribution in [0, 0.1) is 0 Å². The second kappa shape index (κ2) is 8.74. The Balaban J connectivity index is 2.19.